The Morgan fingerprint density at radius 3 is 2.62 bits per heavy atom. The van der Waals surface area contributed by atoms with E-state index in [9.17, 15) is 24.3 Å². The summed E-state index contributed by atoms with van der Waals surface area (Å²) < 4.78 is 0. The highest BCUT2D eigenvalue weighted by atomic mass is 35.5. The second-order valence-corrected chi connectivity index (χ2v) is 9.98. The predicted molar refractivity (Wildman–Crippen MR) is 112 cm³/mol. The van der Waals surface area contributed by atoms with Gasteiger partial charge in [-0.2, -0.15) is 0 Å². The summed E-state index contributed by atoms with van der Waals surface area (Å²) in [5.41, 5.74) is 0.579. The van der Waals surface area contributed by atoms with Crippen LogP contribution in [0.5, 0.6) is 0 Å². The third kappa shape index (κ3) is 2.92. The fraction of sp³-hybridized carbons (Fsp3) is 0.565. The fourth-order valence-electron chi connectivity index (χ4n) is 6.42. The maximum absolute atomic E-state index is 13.8. The summed E-state index contributed by atoms with van der Waals surface area (Å²) in [6, 6.07) is 2.92. The molecule has 5 rings (SSSR count). The molecule has 3 amide bonds. The molecule has 3 aliphatic heterocycles. The Morgan fingerprint density at radius 2 is 1.94 bits per heavy atom. The molecule has 170 valence electrons. The SMILES string of the molecule is Cc1cc(Cl)c2c(c1)[C@@]1([NH2+][C@H](CCC(=O)[O-])[C@H]3C(=O)N(C4CCCCC4)C(=O)[C@H]31)C(=O)N2. The van der Waals surface area contributed by atoms with Crippen molar-refractivity contribution in [1.82, 2.24) is 4.90 Å². The van der Waals surface area contributed by atoms with Crippen molar-refractivity contribution < 1.29 is 29.6 Å². The van der Waals surface area contributed by atoms with E-state index in [4.69, 9.17) is 11.6 Å². The number of anilines is 1. The first-order valence-corrected chi connectivity index (χ1v) is 11.7. The number of rotatable bonds is 4. The second-order valence-electron chi connectivity index (χ2n) is 9.58. The molecule has 1 aromatic carbocycles. The molecule has 3 N–H and O–H groups in total. The first kappa shape index (κ1) is 21.4. The van der Waals surface area contributed by atoms with Crippen molar-refractivity contribution >= 4 is 41.0 Å². The van der Waals surface area contributed by atoms with Gasteiger partial charge in [0.1, 0.15) is 17.9 Å². The summed E-state index contributed by atoms with van der Waals surface area (Å²) >= 11 is 6.42. The number of fused-ring (bicyclic) bond motifs is 4. The summed E-state index contributed by atoms with van der Waals surface area (Å²) in [6.45, 7) is 1.86. The molecule has 4 atom stereocenters. The third-order valence-electron chi connectivity index (χ3n) is 7.73. The third-order valence-corrected chi connectivity index (χ3v) is 8.03. The number of amides is 3. The van der Waals surface area contributed by atoms with Gasteiger partial charge >= 0.3 is 0 Å². The van der Waals surface area contributed by atoms with Gasteiger partial charge in [0, 0.05) is 24.0 Å². The Labute approximate surface area is 190 Å². The zero-order chi connectivity index (χ0) is 22.8. The van der Waals surface area contributed by atoms with Gasteiger partial charge in [0.2, 0.25) is 17.4 Å². The molecule has 1 aliphatic carbocycles. The number of hydrogen-bond acceptors (Lipinski definition) is 5. The molecular formula is C23H26ClN3O5. The van der Waals surface area contributed by atoms with Gasteiger partial charge in [-0.25, -0.2) is 0 Å². The summed E-state index contributed by atoms with van der Waals surface area (Å²) in [5.74, 6) is -3.82. The smallest absolute Gasteiger partial charge is 0.291 e. The molecule has 0 radical (unpaired) electrons. The van der Waals surface area contributed by atoms with E-state index in [1.807, 2.05) is 13.0 Å². The Morgan fingerprint density at radius 1 is 1.22 bits per heavy atom. The van der Waals surface area contributed by atoms with Crippen LogP contribution in [0.15, 0.2) is 12.1 Å². The van der Waals surface area contributed by atoms with E-state index in [1.54, 1.807) is 11.4 Å². The van der Waals surface area contributed by atoms with E-state index in [2.05, 4.69) is 5.32 Å². The first-order valence-electron chi connectivity index (χ1n) is 11.3. The maximum atomic E-state index is 13.8. The van der Waals surface area contributed by atoms with E-state index >= 15 is 0 Å². The van der Waals surface area contributed by atoms with E-state index < -0.39 is 29.4 Å². The predicted octanol–water partition coefficient (Wildman–Crippen LogP) is 0.205. The van der Waals surface area contributed by atoms with Crippen molar-refractivity contribution in [3.63, 3.8) is 0 Å². The minimum Gasteiger partial charge on any atom is -0.550 e. The molecule has 8 nitrogen and oxygen atoms in total. The minimum absolute atomic E-state index is 0.144. The molecule has 1 spiro atoms. The van der Waals surface area contributed by atoms with Crippen LogP contribution in [0.3, 0.4) is 0 Å². The molecule has 0 unspecified atom stereocenters. The summed E-state index contributed by atoms with van der Waals surface area (Å²) in [5, 5.41) is 16.2. The topological polar surface area (TPSA) is 123 Å². The average molecular weight is 460 g/mol. The number of quaternary nitrogens is 1. The Hall–Kier alpha value is -2.45. The van der Waals surface area contributed by atoms with Crippen LogP contribution in [0.25, 0.3) is 0 Å². The van der Waals surface area contributed by atoms with Crippen LogP contribution in [0, 0.1) is 18.8 Å². The lowest BCUT2D eigenvalue weighted by atomic mass is 9.76. The highest BCUT2D eigenvalue weighted by Gasteiger charge is 2.74. The number of carboxylic acid groups (broad SMARTS) is 1. The summed E-state index contributed by atoms with van der Waals surface area (Å²) in [6.07, 6.45) is 4.44. The van der Waals surface area contributed by atoms with Gasteiger partial charge in [-0.3, -0.25) is 19.3 Å². The lowest BCUT2D eigenvalue weighted by Crippen LogP contribution is -2.99. The number of likely N-dealkylation sites (tertiary alicyclic amines) is 1. The number of aliphatic carboxylic acids is 1. The Balaban J connectivity index is 1.63. The number of aryl methyl sites for hydroxylation is 1. The van der Waals surface area contributed by atoms with Crippen LogP contribution in [-0.4, -0.2) is 40.7 Å². The monoisotopic (exact) mass is 459 g/mol. The average Bonchev–Trinajstić information content (AvgIpc) is 3.33. The van der Waals surface area contributed by atoms with Gasteiger partial charge in [-0.15, -0.1) is 0 Å². The number of nitrogens with zero attached hydrogens (tertiary/aromatic N) is 1. The van der Waals surface area contributed by atoms with Gasteiger partial charge < -0.3 is 20.5 Å². The van der Waals surface area contributed by atoms with Crippen molar-refractivity contribution in [2.24, 2.45) is 11.8 Å². The van der Waals surface area contributed by atoms with Gasteiger partial charge in [0.15, 0.2) is 0 Å². The van der Waals surface area contributed by atoms with E-state index in [0.717, 1.165) is 37.7 Å². The molecule has 0 bridgehead atoms. The molecule has 32 heavy (non-hydrogen) atoms. The first-order chi connectivity index (χ1) is 15.3. The molecular weight excluding hydrogens is 434 g/mol. The standard InChI is InChI=1S/C23H26ClN3O5/c1-11-9-13-19(14(24)10-11)25-22(32)23(13)18-17(15(26-23)7-8-16(28)29)20(30)27(21(18)31)12-5-3-2-4-6-12/h9-10,12,15,17-18,26H,2-8H2,1H3,(H,25,32)(H,28,29)/t15-,17-,18+,23+/m1/s1. The van der Waals surface area contributed by atoms with Gasteiger partial charge in [0.05, 0.1) is 10.7 Å². The van der Waals surface area contributed by atoms with Crippen LogP contribution in [-0.2, 0) is 24.7 Å². The van der Waals surface area contributed by atoms with Gasteiger partial charge in [-0.05, 0) is 43.9 Å². The molecule has 1 aromatic rings. The zero-order valence-corrected chi connectivity index (χ0v) is 18.6. The van der Waals surface area contributed by atoms with Crippen LogP contribution in [0.1, 0.15) is 56.1 Å². The number of carboxylic acids is 1. The highest BCUT2D eigenvalue weighted by Crippen LogP contribution is 2.52. The summed E-state index contributed by atoms with van der Waals surface area (Å²) in [4.78, 5) is 53.5. The van der Waals surface area contributed by atoms with Crippen molar-refractivity contribution in [3.8, 4) is 0 Å². The lowest BCUT2D eigenvalue weighted by Gasteiger charge is -2.32. The van der Waals surface area contributed by atoms with Crippen LogP contribution in [0.4, 0.5) is 5.69 Å². The van der Waals surface area contributed by atoms with Crippen molar-refractivity contribution in [1.29, 1.82) is 0 Å². The summed E-state index contributed by atoms with van der Waals surface area (Å²) in [7, 11) is 0. The number of imide groups is 1. The quantitative estimate of drug-likeness (QED) is 0.623. The number of carbonyl (C=O) groups excluding carboxylic acids is 4. The van der Waals surface area contributed by atoms with Crippen LogP contribution in [0.2, 0.25) is 5.02 Å². The van der Waals surface area contributed by atoms with Crippen molar-refractivity contribution in [3.05, 3.63) is 28.3 Å². The number of nitrogens with two attached hydrogens (primary N) is 1. The normalized spacial score (nSPS) is 31.9. The molecule has 3 fully saturated rings. The fourth-order valence-corrected chi connectivity index (χ4v) is 6.75. The van der Waals surface area contributed by atoms with Crippen LogP contribution < -0.4 is 15.7 Å². The van der Waals surface area contributed by atoms with E-state index in [1.165, 1.54) is 4.90 Å². The van der Waals surface area contributed by atoms with Gasteiger partial charge in [-0.1, -0.05) is 30.9 Å². The zero-order valence-electron chi connectivity index (χ0n) is 17.9. The molecule has 2 saturated heterocycles. The molecule has 3 heterocycles. The number of carbonyl (C=O) groups is 4. The minimum atomic E-state index is -1.33. The Bertz CT molecular complexity index is 1040. The second kappa shape index (κ2) is 7.56. The lowest BCUT2D eigenvalue weighted by molar-refractivity contribution is -0.734. The number of benzene rings is 1. The Kier molecular flexibility index (Phi) is 5.05. The van der Waals surface area contributed by atoms with E-state index in [-0.39, 0.29) is 36.6 Å². The molecule has 4 aliphatic rings. The maximum Gasteiger partial charge on any atom is 0.291 e. The molecule has 0 aromatic heterocycles. The number of hydrogen-bond donors (Lipinski definition) is 2. The number of halogens is 1. The molecule has 1 saturated carbocycles. The number of nitrogens with one attached hydrogen (secondary N) is 1. The van der Waals surface area contributed by atoms with E-state index in [0.29, 0.717) is 16.3 Å². The largest absolute Gasteiger partial charge is 0.550 e. The highest BCUT2D eigenvalue weighted by molar-refractivity contribution is 6.35. The molecule has 9 heteroatoms. The van der Waals surface area contributed by atoms with Crippen LogP contribution >= 0.6 is 11.6 Å². The van der Waals surface area contributed by atoms with Crippen molar-refractivity contribution in [2.45, 2.75) is 69.5 Å². The van der Waals surface area contributed by atoms with Crippen molar-refractivity contribution in [2.75, 3.05) is 5.32 Å². The van der Waals surface area contributed by atoms with Gasteiger partial charge in [0.25, 0.3) is 5.91 Å².